The highest BCUT2D eigenvalue weighted by atomic mass is 35.5. The number of halogens is 1. The Bertz CT molecular complexity index is 451. The number of methoxy groups -OCH3 is 1. The summed E-state index contributed by atoms with van der Waals surface area (Å²) in [6, 6.07) is 4.39. The summed E-state index contributed by atoms with van der Waals surface area (Å²) in [5, 5.41) is 9.23. The number of aromatic carboxylic acids is 1. The number of carbonyl (C=O) groups excluding carboxylic acids is 1. The summed E-state index contributed by atoms with van der Waals surface area (Å²) in [5.41, 5.74) is 0.426. The van der Waals surface area contributed by atoms with E-state index in [-0.39, 0.29) is 5.56 Å². The van der Waals surface area contributed by atoms with Crippen molar-refractivity contribution in [3.63, 3.8) is 0 Å². The van der Waals surface area contributed by atoms with Crippen LogP contribution in [0.15, 0.2) is 24.3 Å². The predicted octanol–water partition coefficient (Wildman–Crippen LogP) is 2.22. The third kappa shape index (κ3) is 3.10. The smallest absolute Gasteiger partial charge is 0.336 e. The maximum absolute atomic E-state index is 10.9. The molecule has 16 heavy (non-hydrogen) atoms. The minimum Gasteiger partial charge on any atom is -0.478 e. The van der Waals surface area contributed by atoms with E-state index in [1.165, 1.54) is 25.3 Å². The molecule has 0 aromatic heterocycles. The number of carboxylic acids is 1. The molecule has 0 saturated heterocycles. The Morgan fingerprint density at radius 1 is 1.44 bits per heavy atom. The van der Waals surface area contributed by atoms with E-state index in [1.807, 2.05) is 0 Å². The number of hydrogen-bond donors (Lipinski definition) is 1. The maximum atomic E-state index is 10.9. The molecule has 0 spiro atoms. The largest absolute Gasteiger partial charge is 0.478 e. The van der Waals surface area contributed by atoms with Gasteiger partial charge in [-0.05, 0) is 23.8 Å². The summed E-state index contributed by atoms with van der Waals surface area (Å²) in [7, 11) is 1.24. The van der Waals surface area contributed by atoms with Gasteiger partial charge in [0, 0.05) is 11.1 Å². The lowest BCUT2D eigenvalue weighted by Crippen LogP contribution is -2.00. The van der Waals surface area contributed by atoms with Gasteiger partial charge in [-0.25, -0.2) is 9.59 Å². The zero-order valence-electron chi connectivity index (χ0n) is 8.44. The second-order valence-electron chi connectivity index (χ2n) is 2.89. The van der Waals surface area contributed by atoms with Crippen molar-refractivity contribution < 1.29 is 19.4 Å². The molecule has 0 aliphatic heterocycles. The van der Waals surface area contributed by atoms with Crippen molar-refractivity contribution in [3.05, 3.63) is 40.4 Å². The van der Waals surface area contributed by atoms with Crippen LogP contribution in [0.5, 0.6) is 0 Å². The summed E-state index contributed by atoms with van der Waals surface area (Å²) in [6.07, 6.45) is 2.52. The molecule has 0 aliphatic carbocycles. The second kappa shape index (κ2) is 5.32. The van der Waals surface area contributed by atoms with E-state index in [1.54, 1.807) is 6.07 Å². The van der Waals surface area contributed by atoms with Crippen LogP contribution in [0, 0.1) is 0 Å². The molecule has 0 radical (unpaired) electrons. The molecular weight excluding hydrogens is 232 g/mol. The van der Waals surface area contributed by atoms with E-state index in [4.69, 9.17) is 16.7 Å². The summed E-state index contributed by atoms with van der Waals surface area (Å²) in [6.45, 7) is 0. The van der Waals surface area contributed by atoms with E-state index in [2.05, 4.69) is 4.74 Å². The van der Waals surface area contributed by atoms with Crippen molar-refractivity contribution in [2.45, 2.75) is 0 Å². The summed E-state index contributed by atoms with van der Waals surface area (Å²) in [5.74, 6) is -1.65. The topological polar surface area (TPSA) is 63.6 Å². The first-order chi connectivity index (χ1) is 7.54. The maximum Gasteiger partial charge on any atom is 0.336 e. The first kappa shape index (κ1) is 12.3. The van der Waals surface area contributed by atoms with Crippen LogP contribution in [0.2, 0.25) is 5.02 Å². The molecule has 4 nitrogen and oxygen atoms in total. The number of esters is 1. The zero-order valence-corrected chi connectivity index (χ0v) is 9.19. The number of rotatable bonds is 3. The molecule has 1 aromatic rings. The minimum atomic E-state index is -1.10. The Hall–Kier alpha value is -1.81. The molecule has 0 aliphatic rings. The van der Waals surface area contributed by atoms with Crippen LogP contribution < -0.4 is 0 Å². The highest BCUT2D eigenvalue weighted by Crippen LogP contribution is 2.17. The van der Waals surface area contributed by atoms with Crippen LogP contribution >= 0.6 is 11.6 Å². The number of benzene rings is 1. The third-order valence-corrected chi connectivity index (χ3v) is 2.08. The van der Waals surface area contributed by atoms with Crippen LogP contribution in [-0.4, -0.2) is 24.2 Å². The number of carboxylic acid groups (broad SMARTS) is 1. The molecular formula is C11H9ClO4. The molecule has 0 heterocycles. The summed E-state index contributed by atoms with van der Waals surface area (Å²) < 4.78 is 4.40. The zero-order chi connectivity index (χ0) is 12.1. The van der Waals surface area contributed by atoms with Gasteiger partial charge in [-0.3, -0.25) is 0 Å². The average molecular weight is 241 g/mol. The van der Waals surface area contributed by atoms with Gasteiger partial charge in [-0.1, -0.05) is 17.7 Å². The fraction of sp³-hybridized carbons (Fsp3) is 0.0909. The Kier molecular flexibility index (Phi) is 4.08. The molecule has 0 atom stereocenters. The van der Waals surface area contributed by atoms with Gasteiger partial charge in [-0.15, -0.1) is 0 Å². The number of ether oxygens (including phenoxy) is 1. The van der Waals surface area contributed by atoms with Gasteiger partial charge in [0.2, 0.25) is 0 Å². The van der Waals surface area contributed by atoms with Crippen molar-refractivity contribution >= 4 is 29.6 Å². The average Bonchev–Trinajstić information content (AvgIpc) is 2.26. The van der Waals surface area contributed by atoms with Crippen molar-refractivity contribution in [2.75, 3.05) is 7.11 Å². The quantitative estimate of drug-likeness (QED) is 0.650. The molecule has 1 N–H and O–H groups in total. The Balaban J connectivity index is 3.09. The molecule has 0 saturated carbocycles. The lowest BCUT2D eigenvalue weighted by Gasteiger charge is -2.01. The lowest BCUT2D eigenvalue weighted by molar-refractivity contribution is -0.134. The van der Waals surface area contributed by atoms with Gasteiger partial charge < -0.3 is 9.84 Å². The molecule has 5 heteroatoms. The molecule has 1 rings (SSSR count). The van der Waals surface area contributed by atoms with E-state index >= 15 is 0 Å². The monoisotopic (exact) mass is 240 g/mol. The molecule has 0 amide bonds. The Labute approximate surface area is 97.1 Å². The third-order valence-electron chi connectivity index (χ3n) is 1.85. The van der Waals surface area contributed by atoms with Crippen LogP contribution in [-0.2, 0) is 9.53 Å². The van der Waals surface area contributed by atoms with E-state index < -0.39 is 11.9 Å². The summed E-state index contributed by atoms with van der Waals surface area (Å²) in [4.78, 5) is 21.7. The normalized spacial score (nSPS) is 10.4. The molecule has 0 bridgehead atoms. The van der Waals surface area contributed by atoms with Crippen molar-refractivity contribution in [3.8, 4) is 0 Å². The van der Waals surface area contributed by atoms with E-state index in [9.17, 15) is 9.59 Å². The van der Waals surface area contributed by atoms with Crippen LogP contribution in [0.1, 0.15) is 15.9 Å². The standard InChI is InChI=1S/C11H9ClO4/c1-16-10(13)5-3-7-2-4-8(12)6-9(7)11(14)15/h2-6H,1H3,(H,14,15). The van der Waals surface area contributed by atoms with Gasteiger partial charge in [-0.2, -0.15) is 0 Å². The van der Waals surface area contributed by atoms with Crippen molar-refractivity contribution in [2.24, 2.45) is 0 Å². The second-order valence-corrected chi connectivity index (χ2v) is 3.33. The van der Waals surface area contributed by atoms with Gasteiger partial charge >= 0.3 is 11.9 Å². The van der Waals surface area contributed by atoms with Crippen LogP contribution in [0.25, 0.3) is 6.08 Å². The summed E-state index contributed by atoms with van der Waals surface area (Å²) >= 11 is 5.67. The highest BCUT2D eigenvalue weighted by Gasteiger charge is 2.08. The SMILES string of the molecule is COC(=O)C=Cc1ccc(Cl)cc1C(=O)O. The van der Waals surface area contributed by atoms with Gasteiger partial charge in [0.15, 0.2) is 0 Å². The van der Waals surface area contributed by atoms with Gasteiger partial charge in [0.05, 0.1) is 12.7 Å². The molecule has 0 unspecified atom stereocenters. The Morgan fingerprint density at radius 2 is 2.12 bits per heavy atom. The van der Waals surface area contributed by atoms with Gasteiger partial charge in [0.25, 0.3) is 0 Å². The van der Waals surface area contributed by atoms with Crippen molar-refractivity contribution in [1.29, 1.82) is 0 Å². The minimum absolute atomic E-state index is 0.0349. The number of carbonyl (C=O) groups is 2. The first-order valence-electron chi connectivity index (χ1n) is 4.33. The first-order valence-corrected chi connectivity index (χ1v) is 4.71. The lowest BCUT2D eigenvalue weighted by atomic mass is 10.1. The molecule has 84 valence electrons. The van der Waals surface area contributed by atoms with Crippen molar-refractivity contribution in [1.82, 2.24) is 0 Å². The molecule has 0 fully saturated rings. The van der Waals surface area contributed by atoms with E-state index in [0.29, 0.717) is 10.6 Å². The van der Waals surface area contributed by atoms with Gasteiger partial charge in [0.1, 0.15) is 0 Å². The fourth-order valence-electron chi connectivity index (χ4n) is 1.08. The number of hydrogen-bond acceptors (Lipinski definition) is 3. The van der Waals surface area contributed by atoms with E-state index in [0.717, 1.165) is 6.08 Å². The fourth-order valence-corrected chi connectivity index (χ4v) is 1.26. The Morgan fingerprint density at radius 3 is 2.69 bits per heavy atom. The highest BCUT2D eigenvalue weighted by molar-refractivity contribution is 6.31. The predicted molar refractivity (Wildman–Crippen MR) is 59.5 cm³/mol. The van der Waals surface area contributed by atoms with Crippen LogP contribution in [0.3, 0.4) is 0 Å². The molecule has 1 aromatic carbocycles. The van der Waals surface area contributed by atoms with Crippen LogP contribution in [0.4, 0.5) is 0 Å².